The summed E-state index contributed by atoms with van der Waals surface area (Å²) in [6, 6.07) is 0.0808. The van der Waals surface area contributed by atoms with Gasteiger partial charge in [0, 0.05) is 18.4 Å². The van der Waals surface area contributed by atoms with Crippen LogP contribution in [0.15, 0.2) is 0 Å². The largest absolute Gasteiger partial charge is 0.481 e. The van der Waals surface area contributed by atoms with Crippen LogP contribution in [0.1, 0.15) is 71.1 Å². The Bertz CT molecular complexity index is 283. The highest BCUT2D eigenvalue weighted by Gasteiger charge is 2.20. The van der Waals surface area contributed by atoms with Gasteiger partial charge in [0.15, 0.2) is 0 Å². The summed E-state index contributed by atoms with van der Waals surface area (Å²) in [5.41, 5.74) is 0. The number of hydrogen-bond acceptors (Lipinski definition) is 2. The fourth-order valence-corrected chi connectivity index (χ4v) is 2.71. The van der Waals surface area contributed by atoms with Crippen molar-refractivity contribution < 1.29 is 14.7 Å². The first-order valence-corrected chi connectivity index (χ1v) is 7.61. The Hall–Kier alpha value is -1.06. The van der Waals surface area contributed by atoms with Gasteiger partial charge in [-0.25, -0.2) is 0 Å². The third-order valence-electron chi connectivity index (χ3n) is 3.89. The van der Waals surface area contributed by atoms with Crippen LogP contribution in [0.25, 0.3) is 0 Å². The van der Waals surface area contributed by atoms with Crippen molar-refractivity contribution in [3.05, 3.63) is 0 Å². The van der Waals surface area contributed by atoms with Crippen molar-refractivity contribution in [3.63, 3.8) is 0 Å². The zero-order valence-electron chi connectivity index (χ0n) is 12.0. The summed E-state index contributed by atoms with van der Waals surface area (Å²) in [4.78, 5) is 22.6. The van der Waals surface area contributed by atoms with E-state index >= 15 is 0 Å². The minimum Gasteiger partial charge on any atom is -0.481 e. The van der Waals surface area contributed by atoms with E-state index in [0.29, 0.717) is 6.42 Å². The zero-order chi connectivity index (χ0) is 14.1. The molecule has 110 valence electrons. The van der Waals surface area contributed by atoms with Crippen LogP contribution >= 0.6 is 0 Å². The van der Waals surface area contributed by atoms with Crippen LogP contribution in [0.2, 0.25) is 0 Å². The molecule has 0 aliphatic heterocycles. The molecular weight excluding hydrogens is 242 g/mol. The number of carbonyl (C=O) groups excluding carboxylic acids is 1. The molecule has 0 aromatic rings. The average molecular weight is 269 g/mol. The highest BCUT2D eigenvalue weighted by Crippen LogP contribution is 2.22. The molecule has 0 bridgehead atoms. The first-order valence-electron chi connectivity index (χ1n) is 7.61. The molecule has 1 saturated carbocycles. The van der Waals surface area contributed by atoms with Crippen LogP contribution in [0.3, 0.4) is 0 Å². The van der Waals surface area contributed by atoms with Gasteiger partial charge in [-0.2, -0.15) is 0 Å². The molecule has 1 unspecified atom stereocenters. The molecule has 19 heavy (non-hydrogen) atoms. The summed E-state index contributed by atoms with van der Waals surface area (Å²) in [6.45, 7) is 1.96. The maximum atomic E-state index is 12.1. The second kappa shape index (κ2) is 8.94. The molecule has 1 rings (SSSR count). The van der Waals surface area contributed by atoms with Crippen LogP contribution in [0.4, 0.5) is 0 Å². The molecular formula is C15H27NO3. The number of hydrogen-bond donors (Lipinski definition) is 2. The zero-order valence-corrected chi connectivity index (χ0v) is 12.0. The van der Waals surface area contributed by atoms with Crippen molar-refractivity contribution in [2.75, 3.05) is 0 Å². The molecule has 0 aromatic carbocycles. The third-order valence-corrected chi connectivity index (χ3v) is 3.89. The molecule has 2 N–H and O–H groups in total. The lowest BCUT2D eigenvalue weighted by Gasteiger charge is -2.21. The molecule has 1 amide bonds. The topological polar surface area (TPSA) is 66.4 Å². The minimum atomic E-state index is -0.765. The summed E-state index contributed by atoms with van der Waals surface area (Å²) in [5, 5.41) is 11.6. The van der Waals surface area contributed by atoms with Gasteiger partial charge in [-0.15, -0.1) is 0 Å². The third kappa shape index (κ3) is 7.19. The van der Waals surface area contributed by atoms with Gasteiger partial charge in [-0.1, -0.05) is 32.1 Å². The molecule has 4 nitrogen and oxygen atoms in total. The summed E-state index contributed by atoms with van der Waals surface area (Å²) in [5.74, 6) is -0.425. The fraction of sp³-hybridized carbons (Fsp3) is 0.867. The lowest BCUT2D eigenvalue weighted by Crippen LogP contribution is -2.37. The van der Waals surface area contributed by atoms with Crippen LogP contribution in [0, 0.1) is 5.92 Å². The van der Waals surface area contributed by atoms with Crippen molar-refractivity contribution in [2.24, 2.45) is 5.92 Å². The summed E-state index contributed by atoms with van der Waals surface area (Å²) in [7, 11) is 0. The number of carboxylic acids is 1. The monoisotopic (exact) mass is 269 g/mol. The Morgan fingerprint density at radius 2 is 1.74 bits per heavy atom. The molecule has 0 radical (unpaired) electrons. The van der Waals surface area contributed by atoms with Gasteiger partial charge < -0.3 is 10.4 Å². The molecule has 4 heteroatoms. The highest BCUT2D eigenvalue weighted by molar-refractivity contribution is 5.78. The Balaban J connectivity index is 2.25. The summed E-state index contributed by atoms with van der Waals surface area (Å²) >= 11 is 0. The number of nitrogens with one attached hydrogen (secondary N) is 1. The van der Waals surface area contributed by atoms with Gasteiger partial charge >= 0.3 is 5.97 Å². The predicted octanol–water partition coefficient (Wildman–Crippen LogP) is 3.11. The molecule has 0 heterocycles. The van der Waals surface area contributed by atoms with Crippen molar-refractivity contribution in [1.82, 2.24) is 5.32 Å². The predicted molar refractivity (Wildman–Crippen MR) is 74.9 cm³/mol. The van der Waals surface area contributed by atoms with E-state index in [1.54, 1.807) is 0 Å². The molecule has 0 saturated heterocycles. The smallest absolute Gasteiger partial charge is 0.303 e. The van der Waals surface area contributed by atoms with E-state index in [9.17, 15) is 9.59 Å². The van der Waals surface area contributed by atoms with Gasteiger partial charge in [-0.3, -0.25) is 9.59 Å². The summed E-state index contributed by atoms with van der Waals surface area (Å²) in [6.07, 6.45) is 9.68. The van der Waals surface area contributed by atoms with Crippen LogP contribution < -0.4 is 5.32 Å². The van der Waals surface area contributed by atoms with E-state index in [0.717, 1.165) is 32.1 Å². The minimum absolute atomic E-state index is 0.0808. The van der Waals surface area contributed by atoms with Gasteiger partial charge in [0.05, 0.1) is 0 Å². The second-order valence-electron chi connectivity index (χ2n) is 5.74. The SMILES string of the molecule is CC(CCCC(=O)O)NC(=O)C1CCCCCCC1. The van der Waals surface area contributed by atoms with Gasteiger partial charge in [-0.05, 0) is 32.6 Å². The van der Waals surface area contributed by atoms with Crippen molar-refractivity contribution in [3.8, 4) is 0 Å². The number of aliphatic carboxylic acids is 1. The maximum Gasteiger partial charge on any atom is 0.303 e. The molecule has 1 aliphatic carbocycles. The highest BCUT2D eigenvalue weighted by atomic mass is 16.4. The van der Waals surface area contributed by atoms with E-state index in [-0.39, 0.29) is 24.3 Å². The van der Waals surface area contributed by atoms with Gasteiger partial charge in [0.1, 0.15) is 0 Å². The molecule has 1 fully saturated rings. The van der Waals surface area contributed by atoms with Gasteiger partial charge in [0.2, 0.25) is 5.91 Å². The Kier molecular flexibility index (Phi) is 7.53. The van der Waals surface area contributed by atoms with E-state index in [1.165, 1.54) is 19.3 Å². The standard InChI is InChI=1S/C15H27NO3/c1-12(8-7-11-14(17)18)16-15(19)13-9-5-3-2-4-6-10-13/h12-13H,2-11H2,1H3,(H,16,19)(H,17,18). The van der Waals surface area contributed by atoms with Crippen LogP contribution in [-0.4, -0.2) is 23.0 Å². The molecule has 0 spiro atoms. The van der Waals surface area contributed by atoms with Crippen LogP contribution in [-0.2, 0) is 9.59 Å². The Labute approximate surface area is 116 Å². The molecule has 1 aliphatic rings. The summed E-state index contributed by atoms with van der Waals surface area (Å²) < 4.78 is 0. The Morgan fingerprint density at radius 1 is 1.16 bits per heavy atom. The van der Waals surface area contributed by atoms with E-state index in [2.05, 4.69) is 5.32 Å². The van der Waals surface area contributed by atoms with Gasteiger partial charge in [0.25, 0.3) is 0 Å². The van der Waals surface area contributed by atoms with Crippen LogP contribution in [0.5, 0.6) is 0 Å². The fourth-order valence-electron chi connectivity index (χ4n) is 2.71. The van der Waals surface area contributed by atoms with E-state index in [1.807, 2.05) is 6.92 Å². The number of carboxylic acid groups (broad SMARTS) is 1. The number of carbonyl (C=O) groups is 2. The van der Waals surface area contributed by atoms with Crippen molar-refractivity contribution >= 4 is 11.9 Å². The molecule has 0 aromatic heterocycles. The normalized spacial score (nSPS) is 19.2. The number of rotatable bonds is 6. The Morgan fingerprint density at radius 3 is 2.32 bits per heavy atom. The number of amides is 1. The van der Waals surface area contributed by atoms with E-state index < -0.39 is 5.97 Å². The lowest BCUT2D eigenvalue weighted by atomic mass is 9.90. The lowest BCUT2D eigenvalue weighted by molar-refractivity contribution is -0.137. The first-order chi connectivity index (χ1) is 9.09. The van der Waals surface area contributed by atoms with Crippen molar-refractivity contribution in [2.45, 2.75) is 77.2 Å². The van der Waals surface area contributed by atoms with E-state index in [4.69, 9.17) is 5.11 Å². The maximum absolute atomic E-state index is 12.1. The second-order valence-corrected chi connectivity index (χ2v) is 5.74. The van der Waals surface area contributed by atoms with Crippen molar-refractivity contribution in [1.29, 1.82) is 0 Å². The quantitative estimate of drug-likeness (QED) is 0.778. The average Bonchev–Trinajstić information content (AvgIpc) is 2.27. The first kappa shape index (κ1) is 16.0. The molecule has 1 atom stereocenters.